The molecule has 8 heteroatoms. The molecule has 2 rings (SSSR count). The van der Waals surface area contributed by atoms with E-state index in [2.05, 4.69) is 0 Å². The molecule has 3 nitrogen and oxygen atoms in total. The molecule has 1 aliphatic heterocycles. The van der Waals surface area contributed by atoms with E-state index in [-0.39, 0.29) is 18.8 Å². The van der Waals surface area contributed by atoms with Crippen molar-refractivity contribution in [3.8, 4) is 0 Å². The predicted octanol–water partition coefficient (Wildman–Crippen LogP) is 3.89. The highest BCUT2D eigenvalue weighted by Crippen LogP contribution is 2.38. The Balaban J connectivity index is 2.38. The van der Waals surface area contributed by atoms with E-state index in [0.717, 1.165) is 12.1 Å². The van der Waals surface area contributed by atoms with Crippen LogP contribution in [-0.2, 0) is 6.18 Å². The summed E-state index contributed by atoms with van der Waals surface area (Å²) in [5.74, 6) is -5.39. The number of halogens is 5. The molecule has 1 N–H and O–H groups in total. The van der Waals surface area contributed by atoms with Gasteiger partial charge in [-0.3, -0.25) is 0 Å². The lowest BCUT2D eigenvalue weighted by Crippen LogP contribution is -2.46. The first-order valence-electron chi connectivity index (χ1n) is 6.59. The summed E-state index contributed by atoms with van der Waals surface area (Å²) in [5.41, 5.74) is -1.58. The van der Waals surface area contributed by atoms with E-state index in [9.17, 15) is 26.7 Å². The minimum absolute atomic E-state index is 0.0304. The van der Waals surface area contributed by atoms with Crippen molar-refractivity contribution in [2.24, 2.45) is 5.92 Å². The normalized spacial score (nSPS) is 21.7. The predicted molar refractivity (Wildman–Crippen MR) is 69.3 cm³/mol. The fraction of sp³-hybridized carbons (Fsp3) is 0.500. The van der Waals surface area contributed by atoms with Crippen LogP contribution in [0, 0.1) is 5.92 Å². The molecule has 0 aromatic heterocycles. The number of alkyl halides is 5. The van der Waals surface area contributed by atoms with E-state index in [0.29, 0.717) is 6.07 Å². The summed E-state index contributed by atoms with van der Waals surface area (Å²) in [4.78, 5) is 12.6. The second-order valence-electron chi connectivity index (χ2n) is 5.39. The van der Waals surface area contributed by atoms with Gasteiger partial charge in [-0.15, -0.1) is 0 Å². The number of aromatic carboxylic acids is 1. The summed E-state index contributed by atoms with van der Waals surface area (Å²) in [5, 5.41) is 9.11. The van der Waals surface area contributed by atoms with Crippen molar-refractivity contribution < 1.29 is 31.9 Å². The molecule has 1 atom stereocenters. The van der Waals surface area contributed by atoms with Gasteiger partial charge in [0.1, 0.15) is 0 Å². The van der Waals surface area contributed by atoms with Gasteiger partial charge in [0.25, 0.3) is 5.92 Å². The SMILES string of the molecule is CC1CN(c2ccc(C(F)(F)F)cc2C(=O)O)CCC1(F)F. The standard InChI is InChI=1S/C14H14F5NO2/c1-8-7-20(5-4-13(8,15)16)11-3-2-9(14(17,18)19)6-10(11)12(21)22/h2-3,6,8H,4-5,7H2,1H3,(H,21,22). The largest absolute Gasteiger partial charge is 0.478 e. The van der Waals surface area contributed by atoms with Crippen LogP contribution in [0.5, 0.6) is 0 Å². The Morgan fingerprint density at radius 1 is 1.36 bits per heavy atom. The Hall–Kier alpha value is -1.86. The first kappa shape index (κ1) is 16.5. The van der Waals surface area contributed by atoms with Gasteiger partial charge >= 0.3 is 12.1 Å². The third kappa shape index (κ3) is 3.15. The lowest BCUT2D eigenvalue weighted by Gasteiger charge is -2.38. The highest BCUT2D eigenvalue weighted by atomic mass is 19.4. The molecule has 22 heavy (non-hydrogen) atoms. The average Bonchev–Trinajstić information content (AvgIpc) is 2.40. The Kier molecular flexibility index (Phi) is 4.06. The van der Waals surface area contributed by atoms with Gasteiger partial charge in [-0.1, -0.05) is 6.92 Å². The highest BCUT2D eigenvalue weighted by Gasteiger charge is 2.42. The summed E-state index contributed by atoms with van der Waals surface area (Å²) in [7, 11) is 0. The van der Waals surface area contributed by atoms with Crippen LogP contribution in [0.25, 0.3) is 0 Å². The Morgan fingerprint density at radius 3 is 2.50 bits per heavy atom. The third-order valence-corrected chi connectivity index (χ3v) is 3.83. The number of carboxylic acids is 1. The third-order valence-electron chi connectivity index (χ3n) is 3.83. The first-order valence-corrected chi connectivity index (χ1v) is 6.59. The highest BCUT2D eigenvalue weighted by molar-refractivity contribution is 5.94. The zero-order valence-corrected chi connectivity index (χ0v) is 11.6. The summed E-state index contributed by atoms with van der Waals surface area (Å²) in [6.07, 6.45) is -5.13. The van der Waals surface area contributed by atoms with Gasteiger partial charge in [-0.2, -0.15) is 13.2 Å². The number of anilines is 1. The van der Waals surface area contributed by atoms with Crippen molar-refractivity contribution >= 4 is 11.7 Å². The summed E-state index contributed by atoms with van der Waals surface area (Å²) in [6.45, 7) is 1.11. The zero-order valence-electron chi connectivity index (χ0n) is 11.6. The monoisotopic (exact) mass is 323 g/mol. The Bertz CT molecular complexity index is 585. The van der Waals surface area contributed by atoms with Crippen molar-refractivity contribution in [1.29, 1.82) is 0 Å². The van der Waals surface area contributed by atoms with E-state index in [1.807, 2.05) is 0 Å². The number of piperidine rings is 1. The van der Waals surface area contributed by atoms with E-state index in [4.69, 9.17) is 5.11 Å². The van der Waals surface area contributed by atoms with Gasteiger partial charge in [0.05, 0.1) is 16.8 Å². The summed E-state index contributed by atoms with van der Waals surface area (Å²) >= 11 is 0. The lowest BCUT2D eigenvalue weighted by atomic mass is 9.94. The van der Waals surface area contributed by atoms with E-state index in [1.165, 1.54) is 11.8 Å². The Morgan fingerprint density at radius 2 is 2.00 bits per heavy atom. The van der Waals surface area contributed by atoms with Gasteiger partial charge in [0.15, 0.2) is 0 Å². The number of rotatable bonds is 2. The molecule has 0 aliphatic carbocycles. The van der Waals surface area contributed by atoms with Gasteiger partial charge in [0, 0.05) is 25.4 Å². The number of nitrogens with zero attached hydrogens (tertiary/aromatic N) is 1. The van der Waals surface area contributed by atoms with Gasteiger partial charge in [-0.05, 0) is 18.2 Å². The van der Waals surface area contributed by atoms with E-state index < -0.39 is 41.5 Å². The van der Waals surface area contributed by atoms with Crippen LogP contribution >= 0.6 is 0 Å². The molecule has 0 radical (unpaired) electrons. The number of hydrogen-bond donors (Lipinski definition) is 1. The fourth-order valence-corrected chi connectivity index (χ4v) is 2.46. The van der Waals surface area contributed by atoms with Crippen LogP contribution in [-0.4, -0.2) is 30.1 Å². The summed E-state index contributed by atoms with van der Waals surface area (Å²) < 4.78 is 64.9. The van der Waals surface area contributed by atoms with E-state index in [1.54, 1.807) is 0 Å². The van der Waals surface area contributed by atoms with Crippen molar-refractivity contribution in [2.75, 3.05) is 18.0 Å². The van der Waals surface area contributed by atoms with Crippen LogP contribution in [0.4, 0.5) is 27.6 Å². The second kappa shape index (κ2) is 5.40. The van der Waals surface area contributed by atoms with Gasteiger partial charge < -0.3 is 10.0 Å². The molecule has 122 valence electrons. The van der Waals surface area contributed by atoms with Crippen LogP contribution in [0.15, 0.2) is 18.2 Å². The van der Waals surface area contributed by atoms with Crippen LogP contribution in [0.2, 0.25) is 0 Å². The molecule has 1 saturated heterocycles. The molecule has 1 fully saturated rings. The quantitative estimate of drug-likeness (QED) is 0.840. The smallest absolute Gasteiger partial charge is 0.416 e. The van der Waals surface area contributed by atoms with Crippen molar-refractivity contribution in [2.45, 2.75) is 25.4 Å². The molecule has 1 aromatic rings. The molecule has 0 amide bonds. The lowest BCUT2D eigenvalue weighted by molar-refractivity contribution is -0.137. The van der Waals surface area contributed by atoms with Crippen molar-refractivity contribution in [3.63, 3.8) is 0 Å². The minimum Gasteiger partial charge on any atom is -0.478 e. The van der Waals surface area contributed by atoms with E-state index >= 15 is 0 Å². The van der Waals surface area contributed by atoms with Crippen LogP contribution in [0.3, 0.4) is 0 Å². The second-order valence-corrected chi connectivity index (χ2v) is 5.39. The topological polar surface area (TPSA) is 40.5 Å². The average molecular weight is 323 g/mol. The Labute approximate surface area is 123 Å². The van der Waals surface area contributed by atoms with Crippen LogP contribution in [0.1, 0.15) is 29.3 Å². The first-order chi connectivity index (χ1) is 10.0. The molecular weight excluding hydrogens is 309 g/mol. The summed E-state index contributed by atoms with van der Waals surface area (Å²) in [6, 6.07) is 2.33. The number of hydrogen-bond acceptors (Lipinski definition) is 2. The zero-order chi connectivity index (χ0) is 16.7. The van der Waals surface area contributed by atoms with Crippen molar-refractivity contribution in [3.05, 3.63) is 29.3 Å². The number of benzene rings is 1. The maximum absolute atomic E-state index is 13.5. The van der Waals surface area contributed by atoms with Crippen LogP contribution < -0.4 is 4.90 Å². The molecule has 1 unspecified atom stereocenters. The molecule has 1 aromatic carbocycles. The maximum Gasteiger partial charge on any atom is 0.416 e. The molecule has 0 bridgehead atoms. The maximum atomic E-state index is 13.5. The molecule has 1 heterocycles. The fourth-order valence-electron chi connectivity index (χ4n) is 2.46. The molecular formula is C14H14F5NO2. The molecule has 0 spiro atoms. The number of carbonyl (C=O) groups is 1. The number of carboxylic acid groups (broad SMARTS) is 1. The van der Waals surface area contributed by atoms with Crippen molar-refractivity contribution in [1.82, 2.24) is 0 Å². The molecule has 0 saturated carbocycles. The van der Waals surface area contributed by atoms with Gasteiger partial charge in [-0.25, -0.2) is 13.6 Å². The van der Waals surface area contributed by atoms with Gasteiger partial charge in [0.2, 0.25) is 0 Å². The minimum atomic E-state index is -4.66. The molecule has 1 aliphatic rings.